The third-order valence-electron chi connectivity index (χ3n) is 3.31. The molecule has 2 heterocycles. The molecule has 25 heavy (non-hydrogen) atoms. The molecule has 0 aliphatic carbocycles. The van der Waals surface area contributed by atoms with Crippen molar-refractivity contribution in [2.24, 2.45) is 0 Å². The van der Waals surface area contributed by atoms with E-state index >= 15 is 0 Å². The zero-order valence-electron chi connectivity index (χ0n) is 13.8. The van der Waals surface area contributed by atoms with Crippen LogP contribution in [0.2, 0.25) is 0 Å². The minimum Gasteiger partial charge on any atom is -0.324 e. The molecule has 3 aromatic rings. The number of hydrogen-bond donors (Lipinski definition) is 2. The Labute approximate surface area is 146 Å². The summed E-state index contributed by atoms with van der Waals surface area (Å²) in [5.74, 6) is 0.744. The molecule has 0 aliphatic heterocycles. The van der Waals surface area contributed by atoms with E-state index in [0.29, 0.717) is 11.6 Å². The number of aromatic nitrogens is 3. The Kier molecular flexibility index (Phi) is 4.62. The van der Waals surface area contributed by atoms with E-state index in [2.05, 4.69) is 25.0 Å². The second kappa shape index (κ2) is 6.86. The van der Waals surface area contributed by atoms with Crippen molar-refractivity contribution in [3.63, 3.8) is 0 Å². The second-order valence-corrected chi connectivity index (χ2v) is 7.13. The monoisotopic (exact) mass is 355 g/mol. The minimum atomic E-state index is -3.69. The lowest BCUT2D eigenvalue weighted by atomic mass is 10.3. The summed E-state index contributed by atoms with van der Waals surface area (Å²) in [6.07, 6.45) is 1.52. The molecule has 0 fully saturated rings. The van der Waals surface area contributed by atoms with Gasteiger partial charge in [-0.05, 0) is 56.3 Å². The molecule has 0 bridgehead atoms. The van der Waals surface area contributed by atoms with Crippen LogP contribution >= 0.6 is 0 Å². The van der Waals surface area contributed by atoms with Gasteiger partial charge in [-0.1, -0.05) is 6.07 Å². The fourth-order valence-electron chi connectivity index (χ4n) is 2.25. The maximum Gasteiger partial charge on any atom is 0.263 e. The van der Waals surface area contributed by atoms with Crippen molar-refractivity contribution >= 4 is 27.5 Å². The summed E-state index contributed by atoms with van der Waals surface area (Å²) >= 11 is 0. The second-order valence-electron chi connectivity index (χ2n) is 5.44. The molecule has 2 N–H and O–H groups in total. The van der Waals surface area contributed by atoms with E-state index in [4.69, 9.17) is 0 Å². The maximum absolute atomic E-state index is 12.4. The van der Waals surface area contributed by atoms with Crippen LogP contribution in [0.4, 0.5) is 17.5 Å². The third kappa shape index (κ3) is 4.30. The van der Waals surface area contributed by atoms with Gasteiger partial charge in [0.15, 0.2) is 0 Å². The average Bonchev–Trinajstić information content (AvgIpc) is 2.55. The van der Waals surface area contributed by atoms with Gasteiger partial charge in [-0.25, -0.2) is 23.4 Å². The Bertz CT molecular complexity index is 953. The summed E-state index contributed by atoms with van der Waals surface area (Å²) in [5.41, 5.74) is 2.41. The Hall–Kier alpha value is -3.00. The quantitative estimate of drug-likeness (QED) is 0.730. The molecule has 0 unspecified atom stereocenters. The third-order valence-corrected chi connectivity index (χ3v) is 4.68. The van der Waals surface area contributed by atoms with Gasteiger partial charge in [0.1, 0.15) is 5.82 Å². The zero-order chi connectivity index (χ0) is 17.9. The zero-order valence-corrected chi connectivity index (χ0v) is 14.6. The summed E-state index contributed by atoms with van der Waals surface area (Å²) in [6.45, 7) is 3.78. The van der Waals surface area contributed by atoms with E-state index in [1.807, 2.05) is 19.9 Å². The Morgan fingerprint density at radius 1 is 0.920 bits per heavy atom. The molecule has 1 aromatic carbocycles. The van der Waals surface area contributed by atoms with E-state index in [0.717, 1.165) is 11.4 Å². The molecule has 0 aliphatic rings. The largest absolute Gasteiger partial charge is 0.324 e. The number of aryl methyl sites for hydroxylation is 2. The van der Waals surface area contributed by atoms with Gasteiger partial charge in [-0.15, -0.1) is 0 Å². The lowest BCUT2D eigenvalue weighted by molar-refractivity contribution is 0.601. The average molecular weight is 355 g/mol. The molecule has 0 saturated carbocycles. The van der Waals surface area contributed by atoms with E-state index in [1.54, 1.807) is 30.3 Å². The summed E-state index contributed by atoms with van der Waals surface area (Å²) in [7, 11) is -3.69. The van der Waals surface area contributed by atoms with Gasteiger partial charge in [0.05, 0.1) is 4.90 Å². The summed E-state index contributed by atoms with van der Waals surface area (Å²) < 4.78 is 27.2. The van der Waals surface area contributed by atoms with Gasteiger partial charge < -0.3 is 5.32 Å². The minimum absolute atomic E-state index is 0.144. The lowest BCUT2D eigenvalue weighted by Crippen LogP contribution is -2.13. The van der Waals surface area contributed by atoms with Crippen LogP contribution in [0.5, 0.6) is 0 Å². The number of benzene rings is 1. The maximum atomic E-state index is 12.4. The number of pyridine rings is 1. The van der Waals surface area contributed by atoms with E-state index in [-0.39, 0.29) is 10.7 Å². The number of anilines is 3. The molecule has 0 spiro atoms. The van der Waals surface area contributed by atoms with Crippen LogP contribution in [0.1, 0.15) is 11.4 Å². The predicted octanol–water partition coefficient (Wildman–Crippen LogP) is 3.03. The molecule has 3 rings (SSSR count). The van der Waals surface area contributed by atoms with Crippen molar-refractivity contribution < 1.29 is 8.42 Å². The van der Waals surface area contributed by atoms with E-state index < -0.39 is 10.0 Å². The molecule has 0 atom stereocenters. The molecule has 0 radical (unpaired) electrons. The smallest absolute Gasteiger partial charge is 0.263 e. The van der Waals surface area contributed by atoms with Crippen LogP contribution in [0, 0.1) is 13.8 Å². The van der Waals surface area contributed by atoms with E-state index in [9.17, 15) is 8.42 Å². The molecule has 0 amide bonds. The lowest BCUT2D eigenvalue weighted by Gasteiger charge is -2.09. The van der Waals surface area contributed by atoms with Crippen LogP contribution in [0.25, 0.3) is 0 Å². The predicted molar refractivity (Wildman–Crippen MR) is 96.3 cm³/mol. The highest BCUT2D eigenvalue weighted by molar-refractivity contribution is 7.92. The van der Waals surface area contributed by atoms with Gasteiger partial charge in [-0.2, -0.15) is 0 Å². The van der Waals surface area contributed by atoms with Gasteiger partial charge >= 0.3 is 0 Å². The molecule has 128 valence electrons. The number of nitrogens with zero attached hydrogens (tertiary/aromatic N) is 3. The van der Waals surface area contributed by atoms with Crippen LogP contribution in [0.15, 0.2) is 59.6 Å². The van der Waals surface area contributed by atoms with Crippen molar-refractivity contribution in [1.29, 1.82) is 0 Å². The Morgan fingerprint density at radius 3 is 2.20 bits per heavy atom. The number of rotatable bonds is 5. The topological polar surface area (TPSA) is 96.9 Å². The molecule has 8 heteroatoms. The first-order valence-electron chi connectivity index (χ1n) is 7.56. The Morgan fingerprint density at radius 2 is 1.60 bits per heavy atom. The SMILES string of the molecule is Cc1cc(C)nc(Nc2ccc(S(=O)(=O)Nc3ccccn3)cc2)n1. The first kappa shape index (κ1) is 16.8. The van der Waals surface area contributed by atoms with Crippen molar-refractivity contribution in [1.82, 2.24) is 15.0 Å². The standard InChI is InChI=1S/C17H17N5O2S/c1-12-11-13(2)20-17(19-12)21-14-6-8-15(9-7-14)25(23,24)22-16-5-3-4-10-18-16/h3-11H,1-2H3,(H,18,22)(H,19,20,21). The Balaban J connectivity index is 1.77. The molecule has 2 aromatic heterocycles. The van der Waals surface area contributed by atoms with Crippen molar-refractivity contribution in [2.45, 2.75) is 18.7 Å². The summed E-state index contributed by atoms with van der Waals surface area (Å²) in [5, 5.41) is 3.06. The molecule has 7 nitrogen and oxygen atoms in total. The number of hydrogen-bond acceptors (Lipinski definition) is 6. The van der Waals surface area contributed by atoms with Gasteiger partial charge in [0.25, 0.3) is 10.0 Å². The van der Waals surface area contributed by atoms with Crippen LogP contribution in [-0.2, 0) is 10.0 Å². The van der Waals surface area contributed by atoms with E-state index in [1.165, 1.54) is 18.3 Å². The van der Waals surface area contributed by atoms with Gasteiger partial charge in [0.2, 0.25) is 5.95 Å². The fraction of sp³-hybridized carbons (Fsp3) is 0.118. The van der Waals surface area contributed by atoms with Crippen molar-refractivity contribution in [2.75, 3.05) is 10.0 Å². The van der Waals surface area contributed by atoms with Crippen LogP contribution in [-0.4, -0.2) is 23.4 Å². The number of sulfonamides is 1. The highest BCUT2D eigenvalue weighted by atomic mass is 32.2. The normalized spacial score (nSPS) is 11.1. The molecular weight excluding hydrogens is 338 g/mol. The highest BCUT2D eigenvalue weighted by Crippen LogP contribution is 2.19. The molecular formula is C17H17N5O2S. The van der Waals surface area contributed by atoms with Crippen molar-refractivity contribution in [3.05, 3.63) is 66.1 Å². The van der Waals surface area contributed by atoms with Gasteiger partial charge in [-0.3, -0.25) is 4.72 Å². The highest BCUT2D eigenvalue weighted by Gasteiger charge is 2.14. The summed E-state index contributed by atoms with van der Waals surface area (Å²) in [6, 6.07) is 13.2. The summed E-state index contributed by atoms with van der Waals surface area (Å²) in [4.78, 5) is 12.7. The fourth-order valence-corrected chi connectivity index (χ4v) is 3.26. The van der Waals surface area contributed by atoms with Crippen LogP contribution in [0.3, 0.4) is 0 Å². The van der Waals surface area contributed by atoms with Gasteiger partial charge in [0, 0.05) is 23.3 Å². The first-order chi connectivity index (χ1) is 11.9. The number of nitrogens with one attached hydrogen (secondary N) is 2. The molecule has 0 saturated heterocycles. The van der Waals surface area contributed by atoms with Crippen molar-refractivity contribution in [3.8, 4) is 0 Å². The van der Waals surface area contributed by atoms with Crippen LogP contribution < -0.4 is 10.0 Å². The first-order valence-corrected chi connectivity index (χ1v) is 9.04.